The lowest BCUT2D eigenvalue weighted by Crippen LogP contribution is -2.54. The normalized spacial score (nSPS) is 13.9. The zero-order valence-corrected chi connectivity index (χ0v) is 60.4. The van der Waals surface area contributed by atoms with Gasteiger partial charge in [0.2, 0.25) is 5.91 Å². The molecule has 10 aromatic rings. The Hall–Kier alpha value is -10.7. The first-order valence-electron chi connectivity index (χ1n) is 34.2. The van der Waals surface area contributed by atoms with Crippen molar-refractivity contribution in [3.63, 3.8) is 0 Å². The Morgan fingerprint density at radius 2 is 0.893 bits per heavy atom. The third-order valence-electron chi connectivity index (χ3n) is 17.5. The SMILES string of the molecule is Cc1ccc(C(OC(=O)C(CCNC(=O)OC(C)(C)C)NC(=O)C(Cc2c[nH]c3ccccc23)NC(=O)OCC2c3ccccc3-c3ccccc32)(c2ccccc2)c2ccccc2Cl)cc1.Cc1ccc(C(OC(=O)C(N)CCNC(=O)OC(C)(C)C)(c2ccccc2)c2ccccc2Cl)cc1. The maximum Gasteiger partial charge on any atom is 0.407 e. The van der Waals surface area contributed by atoms with Crippen LogP contribution in [0.1, 0.15) is 121 Å². The molecule has 532 valence electrons. The van der Waals surface area contributed by atoms with Crippen LogP contribution in [0.4, 0.5) is 14.4 Å². The first kappa shape index (κ1) is 75.0. The van der Waals surface area contributed by atoms with E-state index in [2.05, 4.69) is 38.4 Å². The van der Waals surface area contributed by atoms with Gasteiger partial charge in [-0.1, -0.05) is 247 Å². The van der Waals surface area contributed by atoms with Crippen molar-refractivity contribution in [3.05, 3.63) is 308 Å². The van der Waals surface area contributed by atoms with E-state index in [1.54, 1.807) is 72.0 Å². The van der Waals surface area contributed by atoms with Crippen molar-refractivity contribution in [2.24, 2.45) is 5.73 Å². The second-order valence-corrected chi connectivity index (χ2v) is 28.1. The van der Waals surface area contributed by atoms with Gasteiger partial charge in [0.25, 0.3) is 0 Å². The molecule has 0 aliphatic heterocycles. The summed E-state index contributed by atoms with van der Waals surface area (Å²) in [7, 11) is 0. The van der Waals surface area contributed by atoms with Gasteiger partial charge in [0.1, 0.15) is 35.9 Å². The van der Waals surface area contributed by atoms with Crippen LogP contribution in [0.2, 0.25) is 10.0 Å². The number of aryl methyl sites for hydroxylation is 2. The number of amides is 4. The molecule has 5 unspecified atom stereocenters. The fourth-order valence-electron chi connectivity index (χ4n) is 12.6. The predicted octanol–water partition coefficient (Wildman–Crippen LogP) is 16.2. The van der Waals surface area contributed by atoms with E-state index in [0.29, 0.717) is 32.3 Å². The number of esters is 2. The summed E-state index contributed by atoms with van der Waals surface area (Å²) < 4.78 is 29.8. The van der Waals surface area contributed by atoms with Gasteiger partial charge < -0.3 is 55.7 Å². The van der Waals surface area contributed by atoms with Gasteiger partial charge in [0, 0.05) is 86.0 Å². The van der Waals surface area contributed by atoms with E-state index < -0.39 is 76.7 Å². The number of alkyl carbamates (subject to hydrolysis) is 3. The average molecular weight is 1430 g/mol. The summed E-state index contributed by atoms with van der Waals surface area (Å²) in [6.45, 7) is 14.6. The first-order chi connectivity index (χ1) is 49.3. The maximum absolute atomic E-state index is 15.1. The van der Waals surface area contributed by atoms with Crippen LogP contribution in [0.25, 0.3) is 22.0 Å². The zero-order chi connectivity index (χ0) is 73.5. The minimum absolute atomic E-state index is 0.0230. The quantitative estimate of drug-likeness (QED) is 0.0199. The highest BCUT2D eigenvalue weighted by atomic mass is 35.5. The molecule has 103 heavy (non-hydrogen) atoms. The number of aromatic nitrogens is 1. The molecule has 5 atom stereocenters. The van der Waals surface area contributed by atoms with E-state index in [-0.39, 0.29) is 44.9 Å². The molecule has 0 saturated carbocycles. The van der Waals surface area contributed by atoms with E-state index in [0.717, 1.165) is 61.0 Å². The number of carbonyl (C=O) groups excluding carboxylic acids is 6. The van der Waals surface area contributed by atoms with Crippen molar-refractivity contribution in [2.75, 3.05) is 19.7 Å². The molecule has 4 amide bonds. The number of para-hydroxylation sites is 1. The summed E-state index contributed by atoms with van der Waals surface area (Å²) in [5.74, 6) is -2.34. The summed E-state index contributed by atoms with van der Waals surface area (Å²) in [6.07, 6.45) is -0.203. The number of benzene rings is 9. The molecular formula is C84H86Cl2N6O11. The monoisotopic (exact) mass is 1420 g/mol. The van der Waals surface area contributed by atoms with Crippen molar-refractivity contribution in [1.29, 1.82) is 0 Å². The number of nitrogens with one attached hydrogen (secondary N) is 5. The molecule has 9 aromatic carbocycles. The molecule has 1 aromatic heterocycles. The fraction of sp³-hybridized carbons (Fsp3) is 0.262. The van der Waals surface area contributed by atoms with E-state index in [9.17, 15) is 24.0 Å². The van der Waals surface area contributed by atoms with Gasteiger partial charge in [-0.05, 0) is 114 Å². The summed E-state index contributed by atoms with van der Waals surface area (Å²) in [6, 6.07) is 68.6. The molecular weight excluding hydrogens is 1340 g/mol. The van der Waals surface area contributed by atoms with Crippen LogP contribution < -0.4 is 27.0 Å². The van der Waals surface area contributed by atoms with E-state index in [1.807, 2.05) is 208 Å². The first-order valence-corrected chi connectivity index (χ1v) is 35.0. The molecule has 11 rings (SSSR count). The number of hydrogen-bond donors (Lipinski definition) is 6. The number of aromatic amines is 1. The molecule has 0 radical (unpaired) electrons. The lowest BCUT2D eigenvalue weighted by atomic mass is 9.79. The highest BCUT2D eigenvalue weighted by molar-refractivity contribution is 6.32. The fourth-order valence-corrected chi connectivity index (χ4v) is 13.1. The molecule has 19 heteroatoms. The zero-order valence-electron chi connectivity index (χ0n) is 58.9. The largest absolute Gasteiger partial charge is 0.449 e. The Morgan fingerprint density at radius 3 is 1.39 bits per heavy atom. The predicted molar refractivity (Wildman–Crippen MR) is 402 cm³/mol. The number of rotatable bonds is 23. The smallest absolute Gasteiger partial charge is 0.407 e. The second-order valence-electron chi connectivity index (χ2n) is 27.3. The summed E-state index contributed by atoms with van der Waals surface area (Å²) in [4.78, 5) is 85.4. The lowest BCUT2D eigenvalue weighted by molar-refractivity contribution is -0.157. The van der Waals surface area contributed by atoms with E-state index in [4.69, 9.17) is 52.6 Å². The Kier molecular flexibility index (Phi) is 24.3. The van der Waals surface area contributed by atoms with Crippen LogP contribution in [0, 0.1) is 13.8 Å². The van der Waals surface area contributed by atoms with Crippen molar-refractivity contribution in [1.82, 2.24) is 26.3 Å². The van der Waals surface area contributed by atoms with Crippen molar-refractivity contribution in [2.45, 2.75) is 121 Å². The summed E-state index contributed by atoms with van der Waals surface area (Å²) in [5, 5.41) is 12.7. The van der Waals surface area contributed by atoms with Crippen LogP contribution in [0.15, 0.2) is 237 Å². The van der Waals surface area contributed by atoms with E-state index >= 15 is 4.79 Å². The Labute approximate surface area is 611 Å². The van der Waals surface area contributed by atoms with Crippen molar-refractivity contribution >= 4 is 70.2 Å². The molecule has 7 N–H and O–H groups in total. The minimum Gasteiger partial charge on any atom is -0.449 e. The van der Waals surface area contributed by atoms with Crippen LogP contribution >= 0.6 is 23.2 Å². The molecule has 0 bridgehead atoms. The third kappa shape index (κ3) is 18.5. The van der Waals surface area contributed by atoms with Gasteiger partial charge in [-0.25, -0.2) is 19.2 Å². The Balaban J connectivity index is 0.000000267. The number of carbonyl (C=O) groups is 6. The molecule has 1 aliphatic rings. The Morgan fingerprint density at radius 1 is 0.466 bits per heavy atom. The summed E-state index contributed by atoms with van der Waals surface area (Å²) >= 11 is 13.7. The highest BCUT2D eigenvalue weighted by Crippen LogP contribution is 2.47. The van der Waals surface area contributed by atoms with Gasteiger partial charge in [-0.2, -0.15) is 0 Å². The van der Waals surface area contributed by atoms with Gasteiger partial charge in [0.05, 0.1) is 0 Å². The molecule has 0 saturated heterocycles. The number of halogens is 2. The van der Waals surface area contributed by atoms with Gasteiger partial charge in [0.15, 0.2) is 11.2 Å². The number of ether oxygens (including phenoxy) is 5. The number of hydrogen-bond acceptors (Lipinski definition) is 12. The number of H-pyrrole nitrogens is 1. The maximum atomic E-state index is 15.1. The molecule has 17 nitrogen and oxygen atoms in total. The van der Waals surface area contributed by atoms with Gasteiger partial charge in [-0.15, -0.1) is 0 Å². The standard InChI is InChI=1S/C55H53ClN4O7.C29H33ClN2O4/c1-35-26-28-38(29-27-35)55(37-16-6-5-7-17-37,45-23-13-14-24-46(45)56)66-51(62)48(30-31-57-52(63)67-54(2,3)4)59-50(61)49(32-36-33-58-47-25-15-12-18-39(36)47)60-53(64)65-34-44-42-21-10-8-19-40(42)41-20-9-11-22-43(41)44;1-20-14-16-22(17-15-20)29(21-10-6-5-7-11-21,23-12-8-9-13-24(23)30)35-26(33)25(31)18-19-32-27(34)36-28(2,3)4/h5-29,33,44,48-49,58H,30-32,34H2,1-4H3,(H,57,63)(H,59,61)(H,60,64);5-17,25H,18-19,31H2,1-4H3,(H,32,34). The Bertz CT molecular complexity index is 4550. The number of fused-ring (bicyclic) bond motifs is 4. The topological polar surface area (TPSA) is 238 Å². The molecule has 1 aliphatic carbocycles. The number of nitrogens with two attached hydrogens (primary N) is 1. The van der Waals surface area contributed by atoms with E-state index in [1.165, 1.54) is 0 Å². The second kappa shape index (κ2) is 33.4. The van der Waals surface area contributed by atoms with Crippen molar-refractivity contribution < 1.29 is 52.5 Å². The van der Waals surface area contributed by atoms with Crippen LogP contribution in [-0.4, -0.2) is 90.1 Å². The average Bonchev–Trinajstić information content (AvgIpc) is 1.67. The van der Waals surface area contributed by atoms with Crippen LogP contribution in [-0.2, 0) is 55.7 Å². The summed E-state index contributed by atoms with van der Waals surface area (Å²) in [5.41, 5.74) is 13.6. The van der Waals surface area contributed by atoms with Gasteiger partial charge in [-0.3, -0.25) is 9.59 Å². The van der Waals surface area contributed by atoms with Crippen LogP contribution in [0.3, 0.4) is 0 Å². The molecule has 0 spiro atoms. The van der Waals surface area contributed by atoms with Crippen LogP contribution in [0.5, 0.6) is 0 Å². The third-order valence-corrected chi connectivity index (χ3v) is 18.1. The van der Waals surface area contributed by atoms with Crippen molar-refractivity contribution in [3.8, 4) is 11.1 Å². The lowest BCUT2D eigenvalue weighted by Gasteiger charge is -2.37. The molecule has 0 fully saturated rings. The minimum atomic E-state index is -1.60. The molecule has 1 heterocycles. The van der Waals surface area contributed by atoms with Gasteiger partial charge >= 0.3 is 30.2 Å². The highest BCUT2D eigenvalue weighted by Gasteiger charge is 2.46.